The molecule has 1 atom stereocenters. The van der Waals surface area contributed by atoms with Gasteiger partial charge in [-0.25, -0.2) is 0 Å². The molecule has 0 bridgehead atoms. The Labute approximate surface area is 112 Å². The van der Waals surface area contributed by atoms with Crippen LogP contribution in [0, 0.1) is 0 Å². The van der Waals surface area contributed by atoms with Crippen LogP contribution in [0.3, 0.4) is 0 Å². The van der Waals surface area contributed by atoms with E-state index in [1.165, 1.54) is 0 Å². The summed E-state index contributed by atoms with van der Waals surface area (Å²) < 4.78 is 0. The minimum Gasteiger partial charge on any atom is -0.326 e. The molecule has 2 rings (SSSR count). The first kappa shape index (κ1) is 13.5. The van der Waals surface area contributed by atoms with Gasteiger partial charge in [-0.1, -0.05) is 13.3 Å². The van der Waals surface area contributed by atoms with Crippen molar-refractivity contribution in [1.82, 2.24) is 0 Å². The van der Waals surface area contributed by atoms with Crippen LogP contribution in [0.2, 0.25) is 0 Å². The van der Waals surface area contributed by atoms with Crippen molar-refractivity contribution in [3.05, 3.63) is 23.8 Å². The summed E-state index contributed by atoms with van der Waals surface area (Å²) in [5.74, 6) is -0.222. The van der Waals surface area contributed by atoms with Gasteiger partial charge in [0.15, 0.2) is 0 Å². The molecule has 1 unspecified atom stereocenters. The van der Waals surface area contributed by atoms with Crippen LogP contribution < -0.4 is 16.4 Å². The smallest absolute Gasteiger partial charge is 0.244 e. The average molecular weight is 261 g/mol. The highest BCUT2D eigenvalue weighted by atomic mass is 16.2. The third-order valence-electron chi connectivity index (χ3n) is 3.28. The fourth-order valence-corrected chi connectivity index (χ4v) is 2.21. The number of nitrogens with one attached hydrogen (secondary N) is 2. The number of anilines is 2. The SMILES string of the molecule is CCCC(C)(N)C(=O)Nc1ccc2c(c1)CC(=O)N2. The van der Waals surface area contributed by atoms with E-state index in [9.17, 15) is 9.59 Å². The molecule has 0 saturated heterocycles. The van der Waals surface area contributed by atoms with Gasteiger partial charge in [0.05, 0.1) is 12.0 Å². The number of amides is 2. The Balaban J connectivity index is 2.11. The molecule has 0 spiro atoms. The lowest BCUT2D eigenvalue weighted by molar-refractivity contribution is -0.120. The Bertz CT molecular complexity index is 523. The van der Waals surface area contributed by atoms with Crippen LogP contribution in [0.25, 0.3) is 0 Å². The van der Waals surface area contributed by atoms with Crippen LogP contribution in [0.1, 0.15) is 32.3 Å². The van der Waals surface area contributed by atoms with Gasteiger partial charge in [0.25, 0.3) is 0 Å². The second kappa shape index (κ2) is 5.01. The third-order valence-corrected chi connectivity index (χ3v) is 3.28. The second-order valence-electron chi connectivity index (χ2n) is 5.22. The first-order valence-corrected chi connectivity index (χ1v) is 6.45. The Morgan fingerprint density at radius 1 is 1.53 bits per heavy atom. The van der Waals surface area contributed by atoms with Gasteiger partial charge in [-0.2, -0.15) is 0 Å². The van der Waals surface area contributed by atoms with E-state index in [1.54, 1.807) is 19.1 Å². The van der Waals surface area contributed by atoms with E-state index >= 15 is 0 Å². The highest BCUT2D eigenvalue weighted by molar-refractivity contribution is 6.01. The zero-order valence-corrected chi connectivity index (χ0v) is 11.2. The Morgan fingerprint density at radius 3 is 2.95 bits per heavy atom. The molecule has 0 saturated carbocycles. The van der Waals surface area contributed by atoms with Crippen molar-refractivity contribution in [3.8, 4) is 0 Å². The summed E-state index contributed by atoms with van der Waals surface area (Å²) in [4.78, 5) is 23.3. The molecule has 19 heavy (non-hydrogen) atoms. The fourth-order valence-electron chi connectivity index (χ4n) is 2.21. The van der Waals surface area contributed by atoms with Crippen molar-refractivity contribution in [2.24, 2.45) is 5.73 Å². The highest BCUT2D eigenvalue weighted by Crippen LogP contribution is 2.26. The van der Waals surface area contributed by atoms with E-state index in [-0.39, 0.29) is 11.8 Å². The van der Waals surface area contributed by atoms with Crippen LogP contribution in [0.4, 0.5) is 11.4 Å². The van der Waals surface area contributed by atoms with Crippen LogP contribution >= 0.6 is 0 Å². The van der Waals surface area contributed by atoms with E-state index in [1.807, 2.05) is 13.0 Å². The highest BCUT2D eigenvalue weighted by Gasteiger charge is 2.27. The topological polar surface area (TPSA) is 84.2 Å². The Morgan fingerprint density at radius 2 is 2.26 bits per heavy atom. The van der Waals surface area contributed by atoms with Gasteiger partial charge in [-0.15, -0.1) is 0 Å². The normalized spacial score (nSPS) is 16.5. The van der Waals surface area contributed by atoms with Crippen LogP contribution in [-0.4, -0.2) is 17.4 Å². The summed E-state index contributed by atoms with van der Waals surface area (Å²) in [6.45, 7) is 3.72. The number of nitrogens with two attached hydrogens (primary N) is 1. The molecule has 0 radical (unpaired) electrons. The van der Waals surface area contributed by atoms with E-state index < -0.39 is 5.54 Å². The molecule has 1 aliphatic rings. The van der Waals surface area contributed by atoms with Gasteiger partial charge in [0, 0.05) is 11.4 Å². The molecule has 1 heterocycles. The molecule has 1 aromatic carbocycles. The zero-order valence-electron chi connectivity index (χ0n) is 11.2. The Kier molecular flexibility index (Phi) is 3.57. The average Bonchev–Trinajstić information content (AvgIpc) is 2.68. The maximum atomic E-state index is 12.1. The second-order valence-corrected chi connectivity index (χ2v) is 5.22. The third kappa shape index (κ3) is 2.93. The molecule has 2 amide bonds. The maximum absolute atomic E-state index is 12.1. The van der Waals surface area contributed by atoms with Crippen molar-refractivity contribution in [3.63, 3.8) is 0 Å². The molecule has 1 aromatic rings. The van der Waals surface area contributed by atoms with Crippen LogP contribution in [0.15, 0.2) is 18.2 Å². The summed E-state index contributed by atoms with van der Waals surface area (Å²) in [6, 6.07) is 5.38. The summed E-state index contributed by atoms with van der Waals surface area (Å²) >= 11 is 0. The molecule has 102 valence electrons. The monoisotopic (exact) mass is 261 g/mol. The predicted octanol–water partition coefficient (Wildman–Crippen LogP) is 1.64. The number of carbonyl (C=O) groups excluding carboxylic acids is 2. The maximum Gasteiger partial charge on any atom is 0.244 e. The molecular formula is C14H19N3O2. The number of fused-ring (bicyclic) bond motifs is 1. The number of benzene rings is 1. The first-order chi connectivity index (χ1) is 8.92. The quantitative estimate of drug-likeness (QED) is 0.770. The van der Waals surface area contributed by atoms with Crippen molar-refractivity contribution in [2.45, 2.75) is 38.6 Å². The largest absolute Gasteiger partial charge is 0.326 e. The molecule has 5 nitrogen and oxygen atoms in total. The number of hydrogen-bond acceptors (Lipinski definition) is 3. The van der Waals surface area contributed by atoms with Crippen LogP contribution in [-0.2, 0) is 16.0 Å². The number of rotatable bonds is 4. The van der Waals surface area contributed by atoms with Crippen molar-refractivity contribution >= 4 is 23.2 Å². The number of hydrogen-bond donors (Lipinski definition) is 3. The summed E-state index contributed by atoms with van der Waals surface area (Å²) in [5.41, 5.74) is 7.49. The number of carbonyl (C=O) groups is 2. The Hall–Kier alpha value is -1.88. The van der Waals surface area contributed by atoms with Crippen molar-refractivity contribution < 1.29 is 9.59 Å². The van der Waals surface area contributed by atoms with Gasteiger partial charge in [0.2, 0.25) is 11.8 Å². The van der Waals surface area contributed by atoms with E-state index in [0.717, 1.165) is 17.7 Å². The predicted molar refractivity (Wildman–Crippen MR) is 74.9 cm³/mol. The van der Waals surface area contributed by atoms with E-state index in [4.69, 9.17) is 5.73 Å². The van der Waals surface area contributed by atoms with Crippen LogP contribution in [0.5, 0.6) is 0 Å². The molecule has 4 N–H and O–H groups in total. The molecular weight excluding hydrogens is 242 g/mol. The van der Waals surface area contributed by atoms with Gasteiger partial charge < -0.3 is 16.4 Å². The molecule has 0 fully saturated rings. The summed E-state index contributed by atoms with van der Waals surface area (Å²) in [7, 11) is 0. The van der Waals surface area contributed by atoms with E-state index in [0.29, 0.717) is 18.5 Å². The van der Waals surface area contributed by atoms with Gasteiger partial charge >= 0.3 is 0 Å². The van der Waals surface area contributed by atoms with Gasteiger partial charge in [-0.05, 0) is 37.1 Å². The first-order valence-electron chi connectivity index (χ1n) is 6.45. The standard InChI is InChI=1S/C14H19N3O2/c1-3-6-14(2,15)13(19)16-10-4-5-11-9(7-10)8-12(18)17-11/h4-5,7H,3,6,8,15H2,1-2H3,(H,16,19)(H,17,18). The van der Waals surface area contributed by atoms with E-state index in [2.05, 4.69) is 10.6 Å². The van der Waals surface area contributed by atoms with Gasteiger partial charge in [0.1, 0.15) is 0 Å². The molecule has 0 aliphatic carbocycles. The zero-order chi connectivity index (χ0) is 14.0. The van der Waals surface area contributed by atoms with Crippen molar-refractivity contribution in [1.29, 1.82) is 0 Å². The summed E-state index contributed by atoms with van der Waals surface area (Å²) in [5, 5.41) is 5.56. The summed E-state index contributed by atoms with van der Waals surface area (Å²) in [6.07, 6.45) is 1.83. The lowest BCUT2D eigenvalue weighted by Crippen LogP contribution is -2.48. The minimum atomic E-state index is -0.873. The molecule has 5 heteroatoms. The molecule has 0 aromatic heterocycles. The lowest BCUT2D eigenvalue weighted by atomic mass is 9.96. The fraction of sp³-hybridized carbons (Fsp3) is 0.429. The van der Waals surface area contributed by atoms with Gasteiger partial charge in [-0.3, -0.25) is 9.59 Å². The lowest BCUT2D eigenvalue weighted by Gasteiger charge is -2.23. The minimum absolute atomic E-state index is 0.0203. The van der Waals surface area contributed by atoms with Crippen molar-refractivity contribution in [2.75, 3.05) is 10.6 Å². The molecule has 1 aliphatic heterocycles.